The smallest absolute Gasteiger partial charge is 0.0734 e. The summed E-state index contributed by atoms with van der Waals surface area (Å²) in [6.07, 6.45) is 1.55. The van der Waals surface area contributed by atoms with Gasteiger partial charge in [-0.15, -0.1) is 0 Å². The minimum Gasteiger partial charge on any atom is -0.299 e. The molecule has 3 atom stereocenters. The number of hydrogen-bond donors (Lipinski definition) is 1. The first-order valence-corrected chi connectivity index (χ1v) is 4.52. The Morgan fingerprint density at radius 1 is 1.36 bits per heavy atom. The van der Waals surface area contributed by atoms with E-state index < -0.39 is 0 Å². The highest BCUT2D eigenvalue weighted by atomic mass is 16.7. The standard InChI is InChI=1S/C9H19NO/c1-6(2)11-10-9-5-7(3)8(9)4/h6-10H,5H2,1-4H3. The summed E-state index contributed by atoms with van der Waals surface area (Å²) < 4.78 is 0. The zero-order valence-corrected chi connectivity index (χ0v) is 7.92. The summed E-state index contributed by atoms with van der Waals surface area (Å²) in [5.74, 6) is 1.64. The maximum absolute atomic E-state index is 5.31. The third-order valence-electron chi connectivity index (χ3n) is 2.61. The first-order valence-electron chi connectivity index (χ1n) is 4.52. The van der Waals surface area contributed by atoms with E-state index in [1.807, 2.05) is 13.8 Å². The van der Waals surface area contributed by atoms with E-state index in [1.54, 1.807) is 0 Å². The van der Waals surface area contributed by atoms with Crippen molar-refractivity contribution in [2.24, 2.45) is 11.8 Å². The van der Waals surface area contributed by atoms with Crippen LogP contribution in [0.25, 0.3) is 0 Å². The first-order chi connectivity index (χ1) is 5.11. The van der Waals surface area contributed by atoms with E-state index in [-0.39, 0.29) is 6.10 Å². The highest BCUT2D eigenvalue weighted by Gasteiger charge is 2.34. The van der Waals surface area contributed by atoms with Gasteiger partial charge in [0, 0.05) is 6.04 Å². The molecule has 0 aromatic carbocycles. The summed E-state index contributed by atoms with van der Waals surface area (Å²) in [7, 11) is 0. The van der Waals surface area contributed by atoms with Crippen molar-refractivity contribution >= 4 is 0 Å². The summed E-state index contributed by atoms with van der Waals surface area (Å²) in [4.78, 5) is 5.31. The molecule has 0 saturated heterocycles. The molecule has 0 amide bonds. The van der Waals surface area contributed by atoms with Crippen LogP contribution in [0, 0.1) is 11.8 Å². The maximum atomic E-state index is 5.31. The predicted molar refractivity (Wildman–Crippen MR) is 46.1 cm³/mol. The molecule has 0 bridgehead atoms. The van der Waals surface area contributed by atoms with Gasteiger partial charge in [0.25, 0.3) is 0 Å². The van der Waals surface area contributed by atoms with E-state index in [0.717, 1.165) is 11.8 Å². The van der Waals surface area contributed by atoms with E-state index in [1.165, 1.54) is 6.42 Å². The van der Waals surface area contributed by atoms with Gasteiger partial charge in [0.15, 0.2) is 0 Å². The molecule has 0 aliphatic heterocycles. The zero-order valence-electron chi connectivity index (χ0n) is 7.92. The average molecular weight is 157 g/mol. The zero-order chi connectivity index (χ0) is 8.43. The van der Waals surface area contributed by atoms with Crippen LogP contribution in [0.2, 0.25) is 0 Å². The van der Waals surface area contributed by atoms with Crippen LogP contribution in [0.5, 0.6) is 0 Å². The molecular formula is C9H19NO. The lowest BCUT2D eigenvalue weighted by Crippen LogP contribution is -2.48. The van der Waals surface area contributed by atoms with Gasteiger partial charge in [-0.1, -0.05) is 13.8 Å². The Morgan fingerprint density at radius 2 is 2.00 bits per heavy atom. The third kappa shape index (κ3) is 2.17. The molecule has 0 radical (unpaired) electrons. The van der Waals surface area contributed by atoms with Gasteiger partial charge in [0.1, 0.15) is 0 Å². The van der Waals surface area contributed by atoms with Gasteiger partial charge in [-0.2, -0.15) is 5.48 Å². The normalized spacial score (nSPS) is 37.4. The fraction of sp³-hybridized carbons (Fsp3) is 1.00. The number of hydrogen-bond acceptors (Lipinski definition) is 2. The van der Waals surface area contributed by atoms with Crippen molar-refractivity contribution in [1.82, 2.24) is 5.48 Å². The van der Waals surface area contributed by atoms with Crippen molar-refractivity contribution < 1.29 is 4.84 Å². The third-order valence-corrected chi connectivity index (χ3v) is 2.61. The number of hydroxylamine groups is 1. The summed E-state index contributed by atoms with van der Waals surface area (Å²) in [6.45, 7) is 8.65. The highest BCUT2D eigenvalue weighted by Crippen LogP contribution is 2.33. The Bertz CT molecular complexity index is 125. The van der Waals surface area contributed by atoms with Gasteiger partial charge in [-0.05, 0) is 32.1 Å². The SMILES string of the molecule is CC(C)ONC1CC(C)C1C. The summed E-state index contributed by atoms with van der Waals surface area (Å²) in [5, 5.41) is 0. The summed E-state index contributed by atoms with van der Waals surface area (Å²) in [5.41, 5.74) is 3.10. The van der Waals surface area contributed by atoms with Gasteiger partial charge in [-0.25, -0.2) is 0 Å². The van der Waals surface area contributed by atoms with Crippen LogP contribution in [0.4, 0.5) is 0 Å². The fourth-order valence-corrected chi connectivity index (χ4v) is 1.41. The Balaban J connectivity index is 2.10. The molecule has 1 rings (SSSR count). The molecule has 1 aliphatic rings. The maximum Gasteiger partial charge on any atom is 0.0734 e. The fourth-order valence-electron chi connectivity index (χ4n) is 1.41. The van der Waals surface area contributed by atoms with Crippen molar-refractivity contribution in [2.45, 2.75) is 46.3 Å². The molecule has 0 spiro atoms. The van der Waals surface area contributed by atoms with Crippen LogP contribution in [0.3, 0.4) is 0 Å². The molecule has 0 aromatic rings. The van der Waals surface area contributed by atoms with Crippen molar-refractivity contribution in [3.63, 3.8) is 0 Å². The second-order valence-corrected chi connectivity index (χ2v) is 3.96. The minimum atomic E-state index is 0.290. The quantitative estimate of drug-likeness (QED) is 0.632. The molecule has 1 saturated carbocycles. The average Bonchev–Trinajstić information content (AvgIpc) is 1.96. The van der Waals surface area contributed by atoms with Crippen LogP contribution >= 0.6 is 0 Å². The molecule has 1 fully saturated rings. The first kappa shape index (κ1) is 9.01. The summed E-state index contributed by atoms with van der Waals surface area (Å²) >= 11 is 0. The van der Waals surface area contributed by atoms with Crippen molar-refractivity contribution in [2.75, 3.05) is 0 Å². The van der Waals surface area contributed by atoms with Crippen molar-refractivity contribution in [3.8, 4) is 0 Å². The van der Waals surface area contributed by atoms with Gasteiger partial charge in [-0.3, -0.25) is 4.84 Å². The van der Waals surface area contributed by atoms with Crippen LogP contribution in [-0.2, 0) is 4.84 Å². The molecule has 1 aliphatic carbocycles. The van der Waals surface area contributed by atoms with Crippen LogP contribution in [0.15, 0.2) is 0 Å². The van der Waals surface area contributed by atoms with Gasteiger partial charge in [0.2, 0.25) is 0 Å². The molecule has 66 valence electrons. The van der Waals surface area contributed by atoms with Gasteiger partial charge in [0.05, 0.1) is 6.10 Å². The molecular weight excluding hydrogens is 138 g/mol. The van der Waals surface area contributed by atoms with Crippen molar-refractivity contribution in [3.05, 3.63) is 0 Å². The highest BCUT2D eigenvalue weighted by molar-refractivity contribution is 4.87. The molecule has 11 heavy (non-hydrogen) atoms. The Hall–Kier alpha value is -0.0800. The van der Waals surface area contributed by atoms with E-state index in [4.69, 9.17) is 4.84 Å². The van der Waals surface area contributed by atoms with Crippen LogP contribution < -0.4 is 5.48 Å². The van der Waals surface area contributed by atoms with Gasteiger partial charge >= 0.3 is 0 Å². The number of rotatable bonds is 3. The molecule has 2 heteroatoms. The van der Waals surface area contributed by atoms with E-state index in [2.05, 4.69) is 19.3 Å². The van der Waals surface area contributed by atoms with E-state index in [0.29, 0.717) is 6.04 Å². The molecule has 1 N–H and O–H groups in total. The Labute approximate surface area is 69.3 Å². The van der Waals surface area contributed by atoms with Crippen LogP contribution in [-0.4, -0.2) is 12.1 Å². The Kier molecular flexibility index (Phi) is 2.90. The largest absolute Gasteiger partial charge is 0.299 e. The van der Waals surface area contributed by atoms with E-state index >= 15 is 0 Å². The minimum absolute atomic E-state index is 0.290. The number of nitrogens with one attached hydrogen (secondary N) is 1. The monoisotopic (exact) mass is 157 g/mol. The van der Waals surface area contributed by atoms with E-state index in [9.17, 15) is 0 Å². The molecule has 0 aromatic heterocycles. The summed E-state index contributed by atoms with van der Waals surface area (Å²) in [6, 6.07) is 0.590. The lowest BCUT2D eigenvalue weighted by atomic mass is 9.72. The molecule has 0 heterocycles. The van der Waals surface area contributed by atoms with Gasteiger partial charge < -0.3 is 0 Å². The second kappa shape index (κ2) is 3.55. The molecule has 3 unspecified atom stereocenters. The molecule has 2 nitrogen and oxygen atoms in total. The predicted octanol–water partition coefficient (Wildman–Crippen LogP) is 1.96. The lowest BCUT2D eigenvalue weighted by molar-refractivity contribution is -0.0713. The second-order valence-electron chi connectivity index (χ2n) is 3.96. The lowest BCUT2D eigenvalue weighted by Gasteiger charge is -2.41. The topological polar surface area (TPSA) is 21.3 Å². The van der Waals surface area contributed by atoms with Crippen molar-refractivity contribution in [1.29, 1.82) is 0 Å². The van der Waals surface area contributed by atoms with Crippen LogP contribution in [0.1, 0.15) is 34.1 Å². The Morgan fingerprint density at radius 3 is 2.36 bits per heavy atom.